The molecule has 4 rings (SSSR count). The normalized spacial score (nSPS) is 11.2. The van der Waals surface area contributed by atoms with Crippen molar-refractivity contribution in [3.8, 4) is 11.3 Å². The summed E-state index contributed by atoms with van der Waals surface area (Å²) in [5.74, 6) is -2.55. The summed E-state index contributed by atoms with van der Waals surface area (Å²) in [6, 6.07) is 9.46. The Morgan fingerprint density at radius 1 is 1.10 bits per heavy atom. The van der Waals surface area contributed by atoms with Gasteiger partial charge in [0.25, 0.3) is 0 Å². The second kappa shape index (κ2) is 7.42. The van der Waals surface area contributed by atoms with Crippen LogP contribution < -0.4 is 0 Å². The predicted octanol–water partition coefficient (Wildman–Crippen LogP) is 5.43. The van der Waals surface area contributed by atoms with Gasteiger partial charge in [0, 0.05) is 17.3 Å². The molecule has 0 fully saturated rings. The Balaban J connectivity index is 1.88. The number of aromatic nitrogens is 3. The van der Waals surface area contributed by atoms with Crippen molar-refractivity contribution in [3.63, 3.8) is 0 Å². The van der Waals surface area contributed by atoms with Crippen LogP contribution in [-0.4, -0.2) is 25.8 Å². The fourth-order valence-corrected chi connectivity index (χ4v) is 3.41. The highest BCUT2D eigenvalue weighted by Gasteiger charge is 2.20. The fourth-order valence-electron chi connectivity index (χ4n) is 3.02. The van der Waals surface area contributed by atoms with Gasteiger partial charge in [0.2, 0.25) is 0 Å². The number of halogens is 4. The van der Waals surface area contributed by atoms with Gasteiger partial charge in [-0.1, -0.05) is 23.2 Å². The number of pyridine rings is 1. The molecule has 4 aromatic rings. The Kier molecular flexibility index (Phi) is 4.94. The largest absolute Gasteiger partial charge is 0.478 e. The molecule has 0 aliphatic heterocycles. The molecule has 0 saturated heterocycles. The second-order valence-corrected chi connectivity index (χ2v) is 6.98. The van der Waals surface area contributed by atoms with Crippen molar-refractivity contribution in [1.29, 1.82) is 0 Å². The van der Waals surface area contributed by atoms with Crippen molar-refractivity contribution in [2.45, 2.75) is 6.54 Å². The minimum absolute atomic E-state index is 0.0533. The number of aromatic carboxylic acids is 1. The van der Waals surface area contributed by atoms with E-state index in [1.807, 2.05) is 0 Å². The summed E-state index contributed by atoms with van der Waals surface area (Å²) in [5, 5.41) is 13.7. The molecule has 9 heteroatoms. The number of nitrogens with zero attached hydrogens (tertiary/aromatic N) is 3. The average Bonchev–Trinajstić information content (AvgIpc) is 3.06. The highest BCUT2D eigenvalue weighted by molar-refractivity contribution is 6.42. The Morgan fingerprint density at radius 2 is 1.90 bits per heavy atom. The highest BCUT2D eigenvalue weighted by Crippen LogP contribution is 2.32. The minimum Gasteiger partial charge on any atom is -0.478 e. The molecule has 0 aliphatic rings. The van der Waals surface area contributed by atoms with Gasteiger partial charge in [0.15, 0.2) is 0 Å². The van der Waals surface area contributed by atoms with E-state index in [2.05, 4.69) is 10.1 Å². The molecule has 0 aliphatic carbocycles. The van der Waals surface area contributed by atoms with E-state index in [1.165, 1.54) is 35.1 Å². The van der Waals surface area contributed by atoms with E-state index in [4.69, 9.17) is 28.3 Å². The maximum atomic E-state index is 14.6. The third-order valence-electron chi connectivity index (χ3n) is 4.43. The van der Waals surface area contributed by atoms with Crippen molar-refractivity contribution in [3.05, 3.63) is 81.5 Å². The predicted molar refractivity (Wildman–Crippen MR) is 105 cm³/mol. The van der Waals surface area contributed by atoms with Crippen LogP contribution in [0, 0.1) is 11.6 Å². The molecule has 0 bridgehead atoms. The summed E-state index contributed by atoms with van der Waals surface area (Å²) in [7, 11) is 0. The van der Waals surface area contributed by atoms with Crippen LogP contribution in [0.4, 0.5) is 8.78 Å². The van der Waals surface area contributed by atoms with E-state index in [-0.39, 0.29) is 39.0 Å². The van der Waals surface area contributed by atoms with E-state index >= 15 is 0 Å². The van der Waals surface area contributed by atoms with Crippen molar-refractivity contribution in [2.24, 2.45) is 0 Å². The SMILES string of the molecule is O=C(O)c1ccc(-c2nn(Cc3c(F)ccc(Cl)c3Cl)c3cccnc23)c(F)c1. The Morgan fingerprint density at radius 3 is 2.62 bits per heavy atom. The first kappa shape index (κ1) is 19.3. The number of rotatable bonds is 4. The smallest absolute Gasteiger partial charge is 0.335 e. The van der Waals surface area contributed by atoms with Gasteiger partial charge < -0.3 is 5.11 Å². The summed E-state index contributed by atoms with van der Waals surface area (Å²) in [4.78, 5) is 15.3. The summed E-state index contributed by atoms with van der Waals surface area (Å²) >= 11 is 12.1. The lowest BCUT2D eigenvalue weighted by Gasteiger charge is -2.08. The Bertz CT molecular complexity index is 1270. The van der Waals surface area contributed by atoms with Gasteiger partial charge in [-0.05, 0) is 42.5 Å². The molecule has 2 heterocycles. The van der Waals surface area contributed by atoms with Crippen molar-refractivity contribution >= 4 is 40.2 Å². The Hall–Kier alpha value is -3.03. The third kappa shape index (κ3) is 3.43. The van der Waals surface area contributed by atoms with Crippen LogP contribution in [0.5, 0.6) is 0 Å². The molecule has 0 atom stereocenters. The molecular weight excluding hydrogens is 423 g/mol. The molecule has 2 aromatic heterocycles. The van der Waals surface area contributed by atoms with Gasteiger partial charge in [0.05, 0.1) is 27.7 Å². The quantitative estimate of drug-likeness (QED) is 0.435. The molecule has 0 spiro atoms. The van der Waals surface area contributed by atoms with Crippen molar-refractivity contribution in [1.82, 2.24) is 14.8 Å². The number of benzene rings is 2. The first-order chi connectivity index (χ1) is 13.9. The number of fused-ring (bicyclic) bond motifs is 1. The monoisotopic (exact) mass is 433 g/mol. The van der Waals surface area contributed by atoms with Crippen LogP contribution in [0.3, 0.4) is 0 Å². The van der Waals surface area contributed by atoms with Crippen LogP contribution in [0.1, 0.15) is 15.9 Å². The molecule has 2 aromatic carbocycles. The van der Waals surface area contributed by atoms with E-state index in [9.17, 15) is 13.6 Å². The number of carboxylic acid groups (broad SMARTS) is 1. The second-order valence-electron chi connectivity index (χ2n) is 6.20. The number of carbonyl (C=O) groups is 1. The van der Waals surface area contributed by atoms with Crippen LogP contribution in [-0.2, 0) is 6.54 Å². The van der Waals surface area contributed by atoms with Gasteiger partial charge in [-0.15, -0.1) is 0 Å². The average molecular weight is 434 g/mol. The standard InChI is InChI=1S/C20H11Cl2F2N3O2/c21-13-5-6-14(23)12(17(13)22)9-27-16-2-1-7-25-19(16)18(26-27)11-4-3-10(20(28)29)8-15(11)24/h1-8H,9H2,(H,28,29). The maximum Gasteiger partial charge on any atom is 0.335 e. The van der Waals surface area contributed by atoms with E-state index < -0.39 is 17.6 Å². The van der Waals surface area contributed by atoms with E-state index in [1.54, 1.807) is 12.1 Å². The molecule has 5 nitrogen and oxygen atoms in total. The molecule has 146 valence electrons. The van der Waals surface area contributed by atoms with Gasteiger partial charge in [0.1, 0.15) is 22.8 Å². The first-order valence-electron chi connectivity index (χ1n) is 8.34. The number of carboxylic acids is 1. The molecule has 0 amide bonds. The van der Waals surface area contributed by atoms with Gasteiger partial charge in [-0.2, -0.15) is 5.10 Å². The summed E-state index contributed by atoms with van der Waals surface area (Å²) in [5.41, 5.74) is 1.15. The maximum absolute atomic E-state index is 14.6. The highest BCUT2D eigenvalue weighted by atomic mass is 35.5. The lowest BCUT2D eigenvalue weighted by Crippen LogP contribution is -2.05. The summed E-state index contributed by atoms with van der Waals surface area (Å²) in [6.07, 6.45) is 1.52. The zero-order chi connectivity index (χ0) is 20.7. The van der Waals surface area contributed by atoms with Gasteiger partial charge in [-0.25, -0.2) is 13.6 Å². The molecule has 0 saturated carbocycles. The molecule has 0 radical (unpaired) electrons. The van der Waals surface area contributed by atoms with E-state index in [0.29, 0.717) is 11.0 Å². The third-order valence-corrected chi connectivity index (χ3v) is 5.27. The van der Waals surface area contributed by atoms with Crippen LogP contribution in [0.15, 0.2) is 48.7 Å². The van der Waals surface area contributed by atoms with Crippen molar-refractivity contribution in [2.75, 3.05) is 0 Å². The molecule has 0 unspecified atom stereocenters. The van der Waals surface area contributed by atoms with Crippen LogP contribution >= 0.6 is 23.2 Å². The molecule has 1 N–H and O–H groups in total. The topological polar surface area (TPSA) is 68.0 Å². The fraction of sp³-hybridized carbons (Fsp3) is 0.0500. The van der Waals surface area contributed by atoms with Crippen molar-refractivity contribution < 1.29 is 18.7 Å². The number of hydrogen-bond donors (Lipinski definition) is 1. The van der Waals surface area contributed by atoms with Gasteiger partial charge >= 0.3 is 5.97 Å². The van der Waals surface area contributed by atoms with Crippen LogP contribution in [0.2, 0.25) is 10.0 Å². The Labute approximate surface area is 173 Å². The first-order valence-corrected chi connectivity index (χ1v) is 9.09. The van der Waals surface area contributed by atoms with Crippen LogP contribution in [0.25, 0.3) is 22.3 Å². The zero-order valence-corrected chi connectivity index (χ0v) is 16.0. The van der Waals surface area contributed by atoms with Gasteiger partial charge in [-0.3, -0.25) is 9.67 Å². The van der Waals surface area contributed by atoms with E-state index in [0.717, 1.165) is 6.07 Å². The lowest BCUT2D eigenvalue weighted by atomic mass is 10.1. The lowest BCUT2D eigenvalue weighted by molar-refractivity contribution is 0.0696. The summed E-state index contributed by atoms with van der Waals surface area (Å²) < 4.78 is 30.4. The minimum atomic E-state index is -1.24. The molecular formula is C20H11Cl2F2N3O2. The summed E-state index contributed by atoms with van der Waals surface area (Å²) in [6.45, 7) is -0.0533. The number of hydrogen-bond acceptors (Lipinski definition) is 3. The zero-order valence-electron chi connectivity index (χ0n) is 14.5. The molecule has 29 heavy (non-hydrogen) atoms.